The van der Waals surface area contributed by atoms with Crippen LogP contribution in [-0.4, -0.2) is 37.2 Å². The number of hydrogen-bond acceptors (Lipinski definition) is 2. The Morgan fingerprint density at radius 2 is 2.18 bits per heavy atom. The Kier molecular flexibility index (Phi) is 6.18. The molecule has 66 valence electrons. The third kappa shape index (κ3) is 4.17. The lowest BCUT2D eigenvalue weighted by atomic mass is 10.3. The highest BCUT2D eigenvalue weighted by molar-refractivity contribution is 4.65. The van der Waals surface area contributed by atoms with Crippen LogP contribution in [0.1, 0.15) is 13.8 Å². The monoisotopic (exact) mass is 157 g/mol. The third-order valence-corrected chi connectivity index (χ3v) is 1.77. The van der Waals surface area contributed by atoms with Gasteiger partial charge in [-0.25, -0.2) is 0 Å². The summed E-state index contributed by atoms with van der Waals surface area (Å²) in [4.78, 5) is 2.41. The summed E-state index contributed by atoms with van der Waals surface area (Å²) in [6, 6.07) is 0. The molecule has 0 saturated carbocycles. The van der Waals surface area contributed by atoms with Crippen molar-refractivity contribution in [1.29, 1.82) is 0 Å². The minimum Gasteiger partial charge on any atom is -0.376 e. The summed E-state index contributed by atoms with van der Waals surface area (Å²) in [5.41, 5.74) is 0. The van der Waals surface area contributed by atoms with E-state index >= 15 is 0 Å². The normalized spacial score (nSPS) is 25.5. The average molecular weight is 157 g/mol. The van der Waals surface area contributed by atoms with Gasteiger partial charge in [-0.3, -0.25) is 4.90 Å². The molecule has 0 unspecified atom stereocenters. The van der Waals surface area contributed by atoms with Gasteiger partial charge in [0, 0.05) is 13.1 Å². The maximum atomic E-state index is 5.37. The fourth-order valence-electron chi connectivity index (χ4n) is 1.18. The van der Waals surface area contributed by atoms with Gasteiger partial charge >= 0.3 is 0 Å². The lowest BCUT2D eigenvalue weighted by Crippen LogP contribution is -2.40. The molecule has 0 aromatic rings. The average Bonchev–Trinajstić information content (AvgIpc) is 2.08. The van der Waals surface area contributed by atoms with Gasteiger partial charge in [0.25, 0.3) is 0 Å². The smallest absolute Gasteiger partial charge is 0.0674 e. The summed E-state index contributed by atoms with van der Waals surface area (Å²) in [6.07, 6.45) is 0.443. The van der Waals surface area contributed by atoms with Gasteiger partial charge in [0.2, 0.25) is 0 Å². The zero-order chi connectivity index (χ0) is 8.69. The van der Waals surface area contributed by atoms with Crippen LogP contribution >= 0.6 is 0 Å². The molecule has 0 radical (unpaired) electrons. The van der Waals surface area contributed by atoms with Crippen LogP contribution in [0, 0.1) is 0 Å². The van der Waals surface area contributed by atoms with Gasteiger partial charge in [-0.2, -0.15) is 0 Å². The van der Waals surface area contributed by atoms with E-state index in [1.165, 1.54) is 0 Å². The van der Waals surface area contributed by atoms with Gasteiger partial charge in [-0.05, 0) is 13.5 Å². The topological polar surface area (TPSA) is 12.5 Å². The molecule has 0 aromatic heterocycles. The first-order chi connectivity index (χ1) is 5.33. The van der Waals surface area contributed by atoms with Crippen molar-refractivity contribution in [1.82, 2.24) is 4.90 Å². The van der Waals surface area contributed by atoms with Crippen LogP contribution in [0.2, 0.25) is 0 Å². The Hall–Kier alpha value is -0.340. The van der Waals surface area contributed by atoms with Crippen molar-refractivity contribution in [3.63, 3.8) is 0 Å². The van der Waals surface area contributed by atoms with E-state index in [2.05, 4.69) is 31.9 Å². The summed E-state index contributed by atoms with van der Waals surface area (Å²) in [6.45, 7) is 14.6. The van der Waals surface area contributed by atoms with E-state index in [0.717, 1.165) is 26.2 Å². The van der Waals surface area contributed by atoms with Crippen molar-refractivity contribution in [2.75, 3.05) is 26.2 Å². The Bertz CT molecular complexity index is 95.6. The molecule has 0 aliphatic carbocycles. The van der Waals surface area contributed by atoms with E-state index in [0.29, 0.717) is 6.10 Å². The van der Waals surface area contributed by atoms with Gasteiger partial charge in [0.15, 0.2) is 0 Å². The largest absolute Gasteiger partial charge is 0.376 e. The summed E-state index contributed by atoms with van der Waals surface area (Å²) in [7, 11) is 0. The lowest BCUT2D eigenvalue weighted by Gasteiger charge is -2.29. The number of nitrogens with zero attached hydrogens (tertiary/aromatic N) is 1. The molecule has 0 amide bonds. The standard InChI is InChI=1S/C7H15NO.C2H4/c1-3-8-4-5-9-7(2)6-8;1-2/h7H,3-6H2,1-2H3;1-2H2/t7-;/m0./s1. The highest BCUT2D eigenvalue weighted by Gasteiger charge is 2.13. The van der Waals surface area contributed by atoms with Crippen LogP contribution in [0.3, 0.4) is 0 Å². The van der Waals surface area contributed by atoms with Crippen molar-refractivity contribution in [3.8, 4) is 0 Å². The summed E-state index contributed by atoms with van der Waals surface area (Å²) < 4.78 is 5.37. The molecular weight excluding hydrogens is 138 g/mol. The maximum Gasteiger partial charge on any atom is 0.0674 e. The van der Waals surface area contributed by atoms with Gasteiger partial charge in [-0.1, -0.05) is 6.92 Å². The van der Waals surface area contributed by atoms with Crippen LogP contribution in [0.15, 0.2) is 13.2 Å². The minimum atomic E-state index is 0.443. The summed E-state index contributed by atoms with van der Waals surface area (Å²) >= 11 is 0. The van der Waals surface area contributed by atoms with E-state index < -0.39 is 0 Å². The van der Waals surface area contributed by atoms with E-state index in [9.17, 15) is 0 Å². The number of hydrogen-bond donors (Lipinski definition) is 0. The predicted octanol–water partition coefficient (Wildman–Crippen LogP) is 1.53. The summed E-state index contributed by atoms with van der Waals surface area (Å²) in [5, 5.41) is 0. The second-order valence-corrected chi connectivity index (χ2v) is 2.57. The van der Waals surface area contributed by atoms with Gasteiger partial charge < -0.3 is 4.74 Å². The lowest BCUT2D eigenvalue weighted by molar-refractivity contribution is -0.0162. The van der Waals surface area contributed by atoms with Gasteiger partial charge in [0.05, 0.1) is 12.7 Å². The third-order valence-electron chi connectivity index (χ3n) is 1.77. The zero-order valence-corrected chi connectivity index (χ0v) is 7.68. The van der Waals surface area contributed by atoms with E-state index in [4.69, 9.17) is 4.74 Å². The van der Waals surface area contributed by atoms with E-state index in [1.54, 1.807) is 0 Å². The fraction of sp³-hybridized carbons (Fsp3) is 0.778. The predicted molar refractivity (Wildman–Crippen MR) is 48.8 cm³/mol. The molecule has 0 N–H and O–H groups in total. The number of ether oxygens (including phenoxy) is 1. The molecule has 1 aliphatic heterocycles. The molecule has 1 fully saturated rings. The molecule has 1 atom stereocenters. The molecule has 1 saturated heterocycles. The van der Waals surface area contributed by atoms with Crippen molar-refractivity contribution in [2.45, 2.75) is 20.0 Å². The second-order valence-electron chi connectivity index (χ2n) is 2.57. The van der Waals surface area contributed by atoms with Crippen LogP contribution < -0.4 is 0 Å². The van der Waals surface area contributed by atoms with Gasteiger partial charge in [-0.15, -0.1) is 13.2 Å². The molecular formula is C9H19NO. The first kappa shape index (κ1) is 10.7. The van der Waals surface area contributed by atoms with E-state index in [-0.39, 0.29) is 0 Å². The van der Waals surface area contributed by atoms with Crippen molar-refractivity contribution < 1.29 is 4.74 Å². The molecule has 2 heteroatoms. The first-order valence-electron chi connectivity index (χ1n) is 4.17. The quantitative estimate of drug-likeness (QED) is 0.535. The molecule has 0 bridgehead atoms. The fourth-order valence-corrected chi connectivity index (χ4v) is 1.18. The molecule has 0 aromatic carbocycles. The van der Waals surface area contributed by atoms with Crippen molar-refractivity contribution in [3.05, 3.63) is 13.2 Å². The Morgan fingerprint density at radius 1 is 1.55 bits per heavy atom. The summed E-state index contributed by atoms with van der Waals surface area (Å²) in [5.74, 6) is 0. The molecule has 2 nitrogen and oxygen atoms in total. The Balaban J connectivity index is 0.000000461. The molecule has 1 heterocycles. The first-order valence-corrected chi connectivity index (χ1v) is 4.17. The van der Waals surface area contributed by atoms with Crippen LogP contribution in [0.25, 0.3) is 0 Å². The highest BCUT2D eigenvalue weighted by Crippen LogP contribution is 2.02. The number of likely N-dealkylation sites (N-methyl/N-ethyl adjacent to an activating group) is 1. The Labute approximate surface area is 69.8 Å². The number of rotatable bonds is 1. The minimum absolute atomic E-state index is 0.443. The molecule has 0 spiro atoms. The highest BCUT2D eigenvalue weighted by atomic mass is 16.5. The Morgan fingerprint density at radius 3 is 2.55 bits per heavy atom. The number of morpholine rings is 1. The van der Waals surface area contributed by atoms with Crippen molar-refractivity contribution in [2.24, 2.45) is 0 Å². The van der Waals surface area contributed by atoms with Crippen LogP contribution in [0.4, 0.5) is 0 Å². The molecule has 1 aliphatic rings. The molecule has 11 heavy (non-hydrogen) atoms. The second kappa shape index (κ2) is 6.38. The zero-order valence-electron chi connectivity index (χ0n) is 7.68. The van der Waals surface area contributed by atoms with E-state index in [1.807, 2.05) is 0 Å². The maximum absolute atomic E-state index is 5.37. The van der Waals surface area contributed by atoms with Crippen LogP contribution in [-0.2, 0) is 4.74 Å². The van der Waals surface area contributed by atoms with Crippen molar-refractivity contribution >= 4 is 0 Å². The van der Waals surface area contributed by atoms with Gasteiger partial charge in [0.1, 0.15) is 0 Å². The SMILES string of the molecule is C=C.CCN1CCO[C@@H](C)C1. The molecule has 1 rings (SSSR count). The van der Waals surface area contributed by atoms with Crippen LogP contribution in [0.5, 0.6) is 0 Å².